The van der Waals surface area contributed by atoms with Crippen LogP contribution in [0.5, 0.6) is 5.75 Å². The first kappa shape index (κ1) is 21.1. The SMILES string of the molecule is CCCCn1nc(C(=O)N/N=C\c2ccc(OC(F)F)cc2)c2ccccc2c1=O. The largest absolute Gasteiger partial charge is 0.435 e. The van der Waals surface area contributed by atoms with E-state index in [2.05, 4.69) is 20.4 Å². The Balaban J connectivity index is 1.80. The number of alkyl halides is 2. The average Bonchev–Trinajstić information content (AvgIpc) is 2.74. The number of amides is 1. The van der Waals surface area contributed by atoms with Gasteiger partial charge in [0.2, 0.25) is 0 Å². The highest BCUT2D eigenvalue weighted by molar-refractivity contribution is 6.04. The lowest BCUT2D eigenvalue weighted by Gasteiger charge is -2.09. The number of nitrogens with one attached hydrogen (secondary N) is 1. The number of aromatic nitrogens is 2. The molecule has 0 saturated carbocycles. The lowest BCUT2D eigenvalue weighted by Crippen LogP contribution is -2.29. The Morgan fingerprint density at radius 2 is 1.90 bits per heavy atom. The van der Waals surface area contributed by atoms with E-state index in [1.54, 1.807) is 24.3 Å². The summed E-state index contributed by atoms with van der Waals surface area (Å²) in [6.07, 6.45) is 3.00. The van der Waals surface area contributed by atoms with Gasteiger partial charge in [-0.1, -0.05) is 31.5 Å². The molecule has 0 atom stereocenters. The molecule has 0 aliphatic carbocycles. The molecular formula is C21H20F2N4O3. The van der Waals surface area contributed by atoms with Crippen LogP contribution < -0.4 is 15.7 Å². The van der Waals surface area contributed by atoms with Crippen molar-refractivity contribution in [1.82, 2.24) is 15.2 Å². The standard InChI is InChI=1S/C21H20F2N4O3/c1-2-3-12-27-20(29)17-7-5-4-6-16(17)18(26-27)19(28)25-24-13-14-8-10-15(11-9-14)30-21(22)23/h4-11,13,21H,2-3,12H2,1H3,(H,25,28)/b24-13-. The molecule has 1 heterocycles. The molecule has 1 amide bonds. The van der Waals surface area contributed by atoms with Gasteiger partial charge in [0.15, 0.2) is 5.69 Å². The third-order valence-electron chi connectivity index (χ3n) is 4.29. The first-order valence-corrected chi connectivity index (χ1v) is 9.37. The van der Waals surface area contributed by atoms with Crippen molar-refractivity contribution < 1.29 is 18.3 Å². The van der Waals surface area contributed by atoms with Gasteiger partial charge in [-0.15, -0.1) is 0 Å². The number of aryl methyl sites for hydroxylation is 1. The van der Waals surface area contributed by atoms with E-state index in [-0.39, 0.29) is 17.0 Å². The highest BCUT2D eigenvalue weighted by Crippen LogP contribution is 2.15. The Morgan fingerprint density at radius 1 is 1.20 bits per heavy atom. The summed E-state index contributed by atoms with van der Waals surface area (Å²) in [6, 6.07) is 12.6. The summed E-state index contributed by atoms with van der Waals surface area (Å²) in [5, 5.41) is 8.97. The topological polar surface area (TPSA) is 85.6 Å². The smallest absolute Gasteiger partial charge is 0.387 e. The van der Waals surface area contributed by atoms with E-state index in [4.69, 9.17) is 0 Å². The van der Waals surface area contributed by atoms with Gasteiger partial charge in [0.05, 0.1) is 11.6 Å². The van der Waals surface area contributed by atoms with Crippen molar-refractivity contribution in [2.24, 2.45) is 5.10 Å². The van der Waals surface area contributed by atoms with Gasteiger partial charge in [-0.25, -0.2) is 10.1 Å². The predicted octanol–water partition coefficient (Wildman–Crippen LogP) is 3.56. The number of unbranched alkanes of at least 4 members (excludes halogenated alkanes) is 1. The highest BCUT2D eigenvalue weighted by atomic mass is 19.3. The maximum absolute atomic E-state index is 12.7. The molecule has 0 unspecified atom stereocenters. The van der Waals surface area contributed by atoms with Crippen LogP contribution in [0.2, 0.25) is 0 Å². The zero-order chi connectivity index (χ0) is 21.5. The van der Waals surface area contributed by atoms with Crippen LogP contribution in [0, 0.1) is 0 Å². The zero-order valence-corrected chi connectivity index (χ0v) is 16.2. The second kappa shape index (κ2) is 9.73. The monoisotopic (exact) mass is 414 g/mol. The summed E-state index contributed by atoms with van der Waals surface area (Å²) in [6.45, 7) is -0.483. The molecule has 1 aromatic heterocycles. The molecule has 0 fully saturated rings. The molecule has 156 valence electrons. The van der Waals surface area contributed by atoms with Gasteiger partial charge < -0.3 is 4.74 Å². The van der Waals surface area contributed by atoms with Gasteiger partial charge >= 0.3 is 6.61 Å². The van der Waals surface area contributed by atoms with Gasteiger partial charge in [-0.2, -0.15) is 19.0 Å². The number of nitrogens with zero attached hydrogens (tertiary/aromatic N) is 3. The number of rotatable bonds is 8. The Kier molecular flexibility index (Phi) is 6.84. The molecule has 1 N–H and O–H groups in total. The van der Waals surface area contributed by atoms with Crippen molar-refractivity contribution in [2.75, 3.05) is 0 Å². The quantitative estimate of drug-likeness (QED) is 0.451. The minimum absolute atomic E-state index is 0.0243. The molecule has 0 spiro atoms. The van der Waals surface area contributed by atoms with Gasteiger partial charge in [0.25, 0.3) is 11.5 Å². The van der Waals surface area contributed by atoms with Crippen molar-refractivity contribution in [3.63, 3.8) is 0 Å². The molecule has 0 bridgehead atoms. The van der Waals surface area contributed by atoms with Crippen molar-refractivity contribution in [1.29, 1.82) is 0 Å². The molecule has 0 aliphatic heterocycles. The predicted molar refractivity (Wildman–Crippen MR) is 109 cm³/mol. The highest BCUT2D eigenvalue weighted by Gasteiger charge is 2.16. The van der Waals surface area contributed by atoms with Crippen LogP contribution in [0.4, 0.5) is 8.78 Å². The number of benzene rings is 2. The normalized spacial score (nSPS) is 11.3. The van der Waals surface area contributed by atoms with Crippen molar-refractivity contribution in [2.45, 2.75) is 32.9 Å². The van der Waals surface area contributed by atoms with Gasteiger partial charge in [-0.05, 0) is 42.3 Å². The van der Waals surface area contributed by atoms with Crippen LogP contribution in [0.25, 0.3) is 10.8 Å². The Bertz CT molecular complexity index is 1110. The molecule has 9 heteroatoms. The van der Waals surface area contributed by atoms with E-state index in [0.717, 1.165) is 12.8 Å². The summed E-state index contributed by atoms with van der Waals surface area (Å²) < 4.78 is 29.9. The Morgan fingerprint density at radius 3 is 2.57 bits per heavy atom. The van der Waals surface area contributed by atoms with E-state index in [9.17, 15) is 18.4 Å². The summed E-state index contributed by atoms with van der Waals surface area (Å²) in [4.78, 5) is 25.2. The Labute approximate surface area is 171 Å². The molecular weight excluding hydrogens is 394 g/mol. The van der Waals surface area contributed by atoms with Crippen LogP contribution in [-0.2, 0) is 6.54 Å². The number of carbonyl (C=O) groups excluding carboxylic acids is 1. The van der Waals surface area contributed by atoms with Crippen LogP contribution in [0.1, 0.15) is 35.8 Å². The molecule has 0 radical (unpaired) electrons. The molecule has 7 nitrogen and oxygen atoms in total. The third-order valence-corrected chi connectivity index (χ3v) is 4.29. The average molecular weight is 414 g/mol. The van der Waals surface area contributed by atoms with Gasteiger partial charge in [-0.3, -0.25) is 9.59 Å². The fourth-order valence-corrected chi connectivity index (χ4v) is 2.82. The van der Waals surface area contributed by atoms with E-state index in [1.165, 1.54) is 35.2 Å². The summed E-state index contributed by atoms with van der Waals surface area (Å²) in [5.74, 6) is -0.540. The fourth-order valence-electron chi connectivity index (χ4n) is 2.82. The van der Waals surface area contributed by atoms with Crippen LogP contribution in [-0.4, -0.2) is 28.5 Å². The minimum atomic E-state index is -2.90. The van der Waals surface area contributed by atoms with E-state index >= 15 is 0 Å². The molecule has 3 aromatic rings. The molecule has 0 aliphatic rings. The Hall–Kier alpha value is -3.62. The zero-order valence-electron chi connectivity index (χ0n) is 16.2. The molecule has 3 rings (SSSR count). The third kappa shape index (κ3) is 5.05. The second-order valence-corrected chi connectivity index (χ2v) is 6.42. The summed E-state index contributed by atoms with van der Waals surface area (Å²) in [7, 11) is 0. The number of carbonyl (C=O) groups is 1. The van der Waals surface area contributed by atoms with Crippen LogP contribution in [0.15, 0.2) is 58.4 Å². The van der Waals surface area contributed by atoms with Gasteiger partial charge in [0.1, 0.15) is 5.75 Å². The lowest BCUT2D eigenvalue weighted by molar-refractivity contribution is -0.0498. The number of ether oxygens (including phenoxy) is 1. The maximum Gasteiger partial charge on any atom is 0.387 e. The molecule has 0 saturated heterocycles. The number of hydrogen-bond acceptors (Lipinski definition) is 5. The lowest BCUT2D eigenvalue weighted by atomic mass is 10.1. The molecule has 2 aromatic carbocycles. The number of halogens is 2. The number of hydrogen-bond donors (Lipinski definition) is 1. The van der Waals surface area contributed by atoms with E-state index in [1.807, 2.05) is 6.92 Å². The molecule has 30 heavy (non-hydrogen) atoms. The fraction of sp³-hybridized carbons (Fsp3) is 0.238. The van der Waals surface area contributed by atoms with Gasteiger partial charge in [0, 0.05) is 11.9 Å². The van der Waals surface area contributed by atoms with Crippen molar-refractivity contribution in [3.8, 4) is 5.75 Å². The summed E-state index contributed by atoms with van der Waals surface area (Å²) in [5.41, 5.74) is 2.81. The second-order valence-electron chi connectivity index (χ2n) is 6.42. The number of hydrazone groups is 1. The first-order chi connectivity index (χ1) is 14.5. The van der Waals surface area contributed by atoms with Crippen LogP contribution >= 0.6 is 0 Å². The van der Waals surface area contributed by atoms with E-state index < -0.39 is 12.5 Å². The van der Waals surface area contributed by atoms with E-state index in [0.29, 0.717) is 22.9 Å². The number of fused-ring (bicyclic) bond motifs is 1. The summed E-state index contributed by atoms with van der Waals surface area (Å²) >= 11 is 0. The van der Waals surface area contributed by atoms with Crippen molar-refractivity contribution >= 4 is 22.9 Å². The maximum atomic E-state index is 12.7. The first-order valence-electron chi connectivity index (χ1n) is 9.37. The minimum Gasteiger partial charge on any atom is -0.435 e. The van der Waals surface area contributed by atoms with Crippen molar-refractivity contribution in [3.05, 3.63) is 70.1 Å². The van der Waals surface area contributed by atoms with Crippen LogP contribution in [0.3, 0.4) is 0 Å².